The molecular weight excluding hydrogens is 186 g/mol. The third kappa shape index (κ3) is 2.10. The molecule has 2 bridgehead atoms. The van der Waals surface area contributed by atoms with E-state index in [4.69, 9.17) is 0 Å². The van der Waals surface area contributed by atoms with E-state index in [0.29, 0.717) is 17.9 Å². The van der Waals surface area contributed by atoms with Crippen LogP contribution in [0.2, 0.25) is 0 Å². The summed E-state index contributed by atoms with van der Waals surface area (Å²) in [5.41, 5.74) is 0. The van der Waals surface area contributed by atoms with Crippen molar-refractivity contribution < 1.29 is 4.79 Å². The summed E-state index contributed by atoms with van der Waals surface area (Å²) in [6.45, 7) is 1.27. The molecule has 0 spiro atoms. The molecule has 3 fully saturated rings. The largest absolute Gasteiger partial charge is 0.300 e. The molecule has 0 aromatic carbocycles. The van der Waals surface area contributed by atoms with Crippen molar-refractivity contribution in [1.29, 1.82) is 0 Å². The molecule has 1 saturated carbocycles. The summed E-state index contributed by atoms with van der Waals surface area (Å²) in [5.74, 6) is 1.55. The lowest BCUT2D eigenvalue weighted by Crippen LogP contribution is -2.52. The molecule has 2 heterocycles. The van der Waals surface area contributed by atoms with E-state index in [1.54, 1.807) is 0 Å². The van der Waals surface area contributed by atoms with Crippen LogP contribution < -0.4 is 0 Å². The van der Waals surface area contributed by atoms with Crippen LogP contribution in [0.1, 0.15) is 51.4 Å². The van der Waals surface area contributed by atoms with Crippen molar-refractivity contribution in [3.63, 3.8) is 0 Å². The Bertz CT molecular complexity index is 243. The molecule has 2 heteroatoms. The average molecular weight is 207 g/mol. The fraction of sp³-hybridized carbons (Fsp3) is 0.923. The summed E-state index contributed by atoms with van der Waals surface area (Å²) in [6.07, 6.45) is 9.90. The zero-order valence-electron chi connectivity index (χ0n) is 9.45. The highest BCUT2D eigenvalue weighted by atomic mass is 16.1. The van der Waals surface area contributed by atoms with Crippen molar-refractivity contribution in [2.75, 3.05) is 6.54 Å². The van der Waals surface area contributed by atoms with Gasteiger partial charge in [0.15, 0.2) is 0 Å². The van der Waals surface area contributed by atoms with E-state index in [1.807, 2.05) is 0 Å². The van der Waals surface area contributed by atoms with Crippen LogP contribution in [0.15, 0.2) is 0 Å². The molecule has 2 atom stereocenters. The summed E-state index contributed by atoms with van der Waals surface area (Å²) in [5, 5.41) is 0. The van der Waals surface area contributed by atoms with Gasteiger partial charge in [0.25, 0.3) is 0 Å². The molecule has 3 aliphatic rings. The topological polar surface area (TPSA) is 20.3 Å². The molecular formula is C13H21NO. The lowest BCUT2D eigenvalue weighted by molar-refractivity contribution is -0.127. The maximum atomic E-state index is 11.5. The van der Waals surface area contributed by atoms with E-state index >= 15 is 0 Å². The second kappa shape index (κ2) is 3.89. The summed E-state index contributed by atoms with van der Waals surface area (Å²) >= 11 is 0. The number of carbonyl (C=O) groups is 1. The van der Waals surface area contributed by atoms with Crippen LogP contribution in [-0.4, -0.2) is 29.3 Å². The molecule has 2 unspecified atom stereocenters. The third-order valence-electron chi connectivity index (χ3n) is 4.43. The van der Waals surface area contributed by atoms with E-state index in [2.05, 4.69) is 4.90 Å². The van der Waals surface area contributed by atoms with Gasteiger partial charge in [-0.25, -0.2) is 0 Å². The second-order valence-corrected chi connectivity index (χ2v) is 5.66. The predicted octanol–water partition coefficient (Wildman–Crippen LogP) is 2.37. The lowest BCUT2D eigenvalue weighted by Gasteiger charge is -2.45. The van der Waals surface area contributed by atoms with E-state index in [9.17, 15) is 4.79 Å². The summed E-state index contributed by atoms with van der Waals surface area (Å²) < 4.78 is 0. The fourth-order valence-electron chi connectivity index (χ4n) is 3.37. The van der Waals surface area contributed by atoms with Crippen LogP contribution in [0.3, 0.4) is 0 Å². The third-order valence-corrected chi connectivity index (χ3v) is 4.43. The second-order valence-electron chi connectivity index (χ2n) is 5.66. The van der Waals surface area contributed by atoms with Gasteiger partial charge in [-0.2, -0.15) is 0 Å². The number of hydrogen-bond donors (Lipinski definition) is 0. The van der Waals surface area contributed by atoms with E-state index in [0.717, 1.165) is 18.8 Å². The average Bonchev–Trinajstić information content (AvgIpc) is 2.98. The van der Waals surface area contributed by atoms with Crippen molar-refractivity contribution in [3.05, 3.63) is 0 Å². The molecule has 2 aliphatic heterocycles. The Morgan fingerprint density at radius 3 is 2.33 bits per heavy atom. The van der Waals surface area contributed by atoms with E-state index < -0.39 is 0 Å². The number of rotatable bonds is 3. The van der Waals surface area contributed by atoms with Gasteiger partial charge < -0.3 is 0 Å². The number of nitrogens with zero attached hydrogens (tertiary/aromatic N) is 1. The summed E-state index contributed by atoms with van der Waals surface area (Å²) in [4.78, 5) is 14.2. The minimum Gasteiger partial charge on any atom is -0.300 e. The van der Waals surface area contributed by atoms with Gasteiger partial charge in [-0.1, -0.05) is 19.3 Å². The molecule has 0 N–H and O–H groups in total. The van der Waals surface area contributed by atoms with Crippen LogP contribution in [0.25, 0.3) is 0 Å². The monoisotopic (exact) mass is 207 g/mol. The SMILES string of the molecule is O=C1CC2CCCC(C1)N2CCC1CC1. The zero-order valence-corrected chi connectivity index (χ0v) is 9.45. The Balaban J connectivity index is 1.62. The highest BCUT2D eigenvalue weighted by molar-refractivity contribution is 5.80. The van der Waals surface area contributed by atoms with E-state index in [1.165, 1.54) is 45.1 Å². The van der Waals surface area contributed by atoms with Gasteiger partial charge in [0.2, 0.25) is 0 Å². The normalized spacial score (nSPS) is 36.9. The van der Waals surface area contributed by atoms with Crippen molar-refractivity contribution in [2.45, 2.75) is 63.5 Å². The van der Waals surface area contributed by atoms with Crippen molar-refractivity contribution in [1.82, 2.24) is 4.90 Å². The van der Waals surface area contributed by atoms with Gasteiger partial charge in [0.1, 0.15) is 5.78 Å². The molecule has 3 rings (SSSR count). The minimum absolute atomic E-state index is 0.521. The number of hydrogen-bond acceptors (Lipinski definition) is 2. The standard InChI is InChI=1S/C13H21NO/c15-13-8-11-2-1-3-12(9-13)14(11)7-6-10-4-5-10/h10-12H,1-9H2. The Morgan fingerprint density at radius 1 is 1.07 bits per heavy atom. The number of fused-ring (bicyclic) bond motifs is 2. The molecule has 2 nitrogen and oxygen atoms in total. The van der Waals surface area contributed by atoms with Crippen molar-refractivity contribution in [2.24, 2.45) is 5.92 Å². The first-order valence-electron chi connectivity index (χ1n) is 6.60. The molecule has 0 amide bonds. The van der Waals surface area contributed by atoms with E-state index in [-0.39, 0.29) is 0 Å². The smallest absolute Gasteiger partial charge is 0.136 e. The van der Waals surface area contributed by atoms with Gasteiger partial charge in [-0.15, -0.1) is 0 Å². The quantitative estimate of drug-likeness (QED) is 0.708. The van der Waals surface area contributed by atoms with Gasteiger partial charge in [-0.3, -0.25) is 9.69 Å². The van der Waals surface area contributed by atoms with Crippen LogP contribution in [-0.2, 0) is 4.79 Å². The van der Waals surface area contributed by atoms with Gasteiger partial charge in [-0.05, 0) is 31.7 Å². The van der Waals surface area contributed by atoms with Gasteiger partial charge in [0, 0.05) is 24.9 Å². The summed E-state index contributed by atoms with van der Waals surface area (Å²) in [7, 11) is 0. The lowest BCUT2D eigenvalue weighted by atomic mass is 9.83. The highest BCUT2D eigenvalue weighted by Gasteiger charge is 2.37. The number of ketones is 1. The zero-order chi connectivity index (χ0) is 10.3. The number of piperidine rings is 2. The molecule has 0 radical (unpaired) electrons. The first kappa shape index (κ1) is 9.83. The van der Waals surface area contributed by atoms with Crippen molar-refractivity contribution >= 4 is 5.78 Å². The van der Waals surface area contributed by atoms with Crippen molar-refractivity contribution in [3.8, 4) is 0 Å². The number of Topliss-reactive ketones (excluding diaryl/α,β-unsaturated/α-hetero) is 1. The fourth-order valence-corrected chi connectivity index (χ4v) is 3.37. The molecule has 1 aliphatic carbocycles. The molecule has 0 aromatic heterocycles. The Labute approximate surface area is 92.0 Å². The molecule has 2 saturated heterocycles. The number of carbonyl (C=O) groups excluding carboxylic acids is 1. The van der Waals surface area contributed by atoms with Crippen LogP contribution in [0.4, 0.5) is 0 Å². The Morgan fingerprint density at radius 2 is 1.73 bits per heavy atom. The Kier molecular flexibility index (Phi) is 2.55. The Hall–Kier alpha value is -0.370. The predicted molar refractivity (Wildman–Crippen MR) is 59.7 cm³/mol. The molecule has 84 valence electrons. The van der Waals surface area contributed by atoms with Crippen LogP contribution in [0, 0.1) is 5.92 Å². The van der Waals surface area contributed by atoms with Gasteiger partial charge >= 0.3 is 0 Å². The minimum atomic E-state index is 0.521. The first-order valence-corrected chi connectivity index (χ1v) is 6.60. The summed E-state index contributed by atoms with van der Waals surface area (Å²) in [6, 6.07) is 1.23. The highest BCUT2D eigenvalue weighted by Crippen LogP contribution is 2.36. The maximum absolute atomic E-state index is 11.5. The molecule has 0 aromatic rings. The molecule has 15 heavy (non-hydrogen) atoms. The van der Waals surface area contributed by atoms with Gasteiger partial charge in [0.05, 0.1) is 0 Å². The first-order chi connectivity index (χ1) is 7.33. The van der Waals surface area contributed by atoms with Crippen LogP contribution in [0.5, 0.6) is 0 Å². The van der Waals surface area contributed by atoms with Crippen LogP contribution >= 0.6 is 0 Å². The maximum Gasteiger partial charge on any atom is 0.136 e.